The summed E-state index contributed by atoms with van der Waals surface area (Å²) in [7, 11) is 0. The molecule has 3 rings (SSSR count). The summed E-state index contributed by atoms with van der Waals surface area (Å²) in [6.45, 7) is 8.35. The Kier molecular flexibility index (Phi) is 6.78. The highest BCUT2D eigenvalue weighted by atomic mass is 35.5. The third kappa shape index (κ3) is 4.15. The van der Waals surface area contributed by atoms with Gasteiger partial charge >= 0.3 is 0 Å². The number of aromatic nitrogens is 3. The standard InChI is InChI=1S/C18H27N5.ClH/c1-14-17(13-22-11-5-6-16(12-22)8-9-19)15(2)23(21-14)18-7-3-4-10-20-18;/h3-4,7,10,16H,5-6,8-9,11-13,19H2,1-2H3;1H. The second kappa shape index (κ2) is 8.60. The number of hydrogen-bond acceptors (Lipinski definition) is 4. The molecule has 0 radical (unpaired) electrons. The van der Waals surface area contributed by atoms with Crippen molar-refractivity contribution >= 4 is 12.4 Å². The van der Waals surface area contributed by atoms with Crippen molar-refractivity contribution in [2.24, 2.45) is 11.7 Å². The first-order chi connectivity index (χ1) is 11.2. The van der Waals surface area contributed by atoms with E-state index in [1.807, 2.05) is 29.1 Å². The van der Waals surface area contributed by atoms with Crippen LogP contribution < -0.4 is 5.73 Å². The van der Waals surface area contributed by atoms with E-state index in [4.69, 9.17) is 10.8 Å². The van der Waals surface area contributed by atoms with Crippen molar-refractivity contribution in [3.8, 4) is 5.82 Å². The Morgan fingerprint density at radius 3 is 2.83 bits per heavy atom. The maximum atomic E-state index is 5.73. The molecule has 2 N–H and O–H groups in total. The van der Waals surface area contributed by atoms with Crippen LogP contribution in [0.1, 0.15) is 36.2 Å². The van der Waals surface area contributed by atoms with Crippen LogP contribution >= 0.6 is 12.4 Å². The highest BCUT2D eigenvalue weighted by molar-refractivity contribution is 5.85. The van der Waals surface area contributed by atoms with Crippen molar-refractivity contribution in [1.29, 1.82) is 0 Å². The summed E-state index contributed by atoms with van der Waals surface area (Å²) in [5, 5.41) is 4.71. The van der Waals surface area contributed by atoms with Gasteiger partial charge in [-0.3, -0.25) is 4.90 Å². The molecule has 0 aromatic carbocycles. The molecule has 6 heteroatoms. The van der Waals surface area contributed by atoms with Gasteiger partial charge in [0, 0.05) is 30.5 Å². The number of hydrogen-bond donors (Lipinski definition) is 1. The molecule has 1 aliphatic rings. The molecule has 1 unspecified atom stereocenters. The minimum absolute atomic E-state index is 0. The first-order valence-corrected chi connectivity index (χ1v) is 8.58. The summed E-state index contributed by atoms with van der Waals surface area (Å²) in [4.78, 5) is 6.98. The zero-order valence-electron chi connectivity index (χ0n) is 14.6. The van der Waals surface area contributed by atoms with Gasteiger partial charge < -0.3 is 5.73 Å². The lowest BCUT2D eigenvalue weighted by Gasteiger charge is -2.32. The Morgan fingerprint density at radius 2 is 2.12 bits per heavy atom. The summed E-state index contributed by atoms with van der Waals surface area (Å²) in [6, 6.07) is 5.93. The lowest BCUT2D eigenvalue weighted by molar-refractivity contribution is 0.162. The lowest BCUT2D eigenvalue weighted by atomic mass is 9.94. The molecule has 1 fully saturated rings. The second-order valence-corrected chi connectivity index (χ2v) is 6.57. The fourth-order valence-electron chi connectivity index (χ4n) is 3.60. The van der Waals surface area contributed by atoms with E-state index >= 15 is 0 Å². The molecule has 0 bridgehead atoms. The van der Waals surface area contributed by atoms with E-state index in [0.717, 1.165) is 43.5 Å². The van der Waals surface area contributed by atoms with Crippen LogP contribution in [-0.2, 0) is 6.54 Å². The van der Waals surface area contributed by atoms with Crippen LogP contribution in [0.4, 0.5) is 0 Å². The average molecular weight is 350 g/mol. The van der Waals surface area contributed by atoms with Gasteiger partial charge in [0.05, 0.1) is 5.69 Å². The summed E-state index contributed by atoms with van der Waals surface area (Å²) >= 11 is 0. The van der Waals surface area contributed by atoms with Gasteiger partial charge in [0.25, 0.3) is 0 Å². The lowest BCUT2D eigenvalue weighted by Crippen LogP contribution is -2.35. The van der Waals surface area contributed by atoms with Crippen molar-refractivity contribution in [3.05, 3.63) is 41.3 Å². The van der Waals surface area contributed by atoms with Gasteiger partial charge in [-0.05, 0) is 64.3 Å². The van der Waals surface area contributed by atoms with Crippen molar-refractivity contribution < 1.29 is 0 Å². The van der Waals surface area contributed by atoms with Crippen LogP contribution in [0, 0.1) is 19.8 Å². The molecule has 1 atom stereocenters. The molecular formula is C18H28ClN5. The first-order valence-electron chi connectivity index (χ1n) is 8.58. The molecule has 2 aromatic heterocycles. The quantitative estimate of drug-likeness (QED) is 0.901. The first kappa shape index (κ1) is 18.9. The van der Waals surface area contributed by atoms with Crippen LogP contribution in [-0.4, -0.2) is 39.3 Å². The van der Waals surface area contributed by atoms with Crippen LogP contribution in [0.3, 0.4) is 0 Å². The molecule has 1 aliphatic heterocycles. The second-order valence-electron chi connectivity index (χ2n) is 6.57. The van der Waals surface area contributed by atoms with E-state index in [1.54, 1.807) is 0 Å². The Morgan fingerprint density at radius 1 is 1.29 bits per heavy atom. The maximum Gasteiger partial charge on any atom is 0.153 e. The number of nitrogens with zero attached hydrogens (tertiary/aromatic N) is 4. The molecule has 0 saturated carbocycles. The van der Waals surface area contributed by atoms with E-state index in [2.05, 4.69) is 23.7 Å². The number of piperidine rings is 1. The molecule has 132 valence electrons. The van der Waals surface area contributed by atoms with E-state index < -0.39 is 0 Å². The molecule has 0 amide bonds. The largest absolute Gasteiger partial charge is 0.330 e. The summed E-state index contributed by atoms with van der Waals surface area (Å²) in [5.74, 6) is 1.64. The van der Waals surface area contributed by atoms with Gasteiger partial charge in [-0.1, -0.05) is 6.07 Å². The molecule has 0 spiro atoms. The zero-order chi connectivity index (χ0) is 16.2. The Bertz CT molecular complexity index is 638. The summed E-state index contributed by atoms with van der Waals surface area (Å²) < 4.78 is 1.96. The minimum Gasteiger partial charge on any atom is -0.330 e. The highest BCUT2D eigenvalue weighted by Crippen LogP contribution is 2.24. The number of rotatable bonds is 5. The van der Waals surface area contributed by atoms with E-state index in [9.17, 15) is 0 Å². The number of pyridine rings is 1. The van der Waals surface area contributed by atoms with Crippen LogP contribution in [0.15, 0.2) is 24.4 Å². The topological polar surface area (TPSA) is 60.0 Å². The van der Waals surface area contributed by atoms with E-state index in [1.165, 1.54) is 30.6 Å². The third-order valence-corrected chi connectivity index (χ3v) is 4.87. The van der Waals surface area contributed by atoms with E-state index in [-0.39, 0.29) is 12.4 Å². The maximum absolute atomic E-state index is 5.73. The normalized spacial score (nSPS) is 18.4. The average Bonchev–Trinajstić information content (AvgIpc) is 2.85. The van der Waals surface area contributed by atoms with Gasteiger partial charge in [0.15, 0.2) is 5.82 Å². The fourth-order valence-corrected chi connectivity index (χ4v) is 3.60. The van der Waals surface area contributed by atoms with Gasteiger partial charge in [-0.2, -0.15) is 5.10 Å². The van der Waals surface area contributed by atoms with Gasteiger partial charge in [0.1, 0.15) is 0 Å². The van der Waals surface area contributed by atoms with Crippen molar-refractivity contribution in [2.45, 2.75) is 39.7 Å². The predicted octanol–water partition coefficient (Wildman–Crippen LogP) is 2.87. The van der Waals surface area contributed by atoms with Gasteiger partial charge in [-0.25, -0.2) is 9.67 Å². The molecule has 3 heterocycles. The molecule has 1 saturated heterocycles. The van der Waals surface area contributed by atoms with Crippen LogP contribution in [0.2, 0.25) is 0 Å². The zero-order valence-corrected chi connectivity index (χ0v) is 15.4. The number of likely N-dealkylation sites (tertiary alicyclic amines) is 1. The van der Waals surface area contributed by atoms with Gasteiger partial charge in [-0.15, -0.1) is 12.4 Å². The summed E-state index contributed by atoms with van der Waals surface area (Å²) in [6.07, 6.45) is 5.55. The van der Waals surface area contributed by atoms with Crippen LogP contribution in [0.25, 0.3) is 5.82 Å². The van der Waals surface area contributed by atoms with Gasteiger partial charge in [0.2, 0.25) is 0 Å². The minimum atomic E-state index is 0. The third-order valence-electron chi connectivity index (χ3n) is 4.87. The number of aryl methyl sites for hydroxylation is 1. The summed E-state index contributed by atoms with van der Waals surface area (Å²) in [5.41, 5.74) is 9.37. The Hall–Kier alpha value is -1.43. The van der Waals surface area contributed by atoms with Crippen molar-refractivity contribution in [2.75, 3.05) is 19.6 Å². The monoisotopic (exact) mass is 349 g/mol. The number of halogens is 1. The van der Waals surface area contributed by atoms with E-state index in [0.29, 0.717) is 0 Å². The van der Waals surface area contributed by atoms with Crippen molar-refractivity contribution in [1.82, 2.24) is 19.7 Å². The fraction of sp³-hybridized carbons (Fsp3) is 0.556. The molecule has 2 aromatic rings. The molecule has 0 aliphatic carbocycles. The Labute approximate surface area is 150 Å². The molecular weight excluding hydrogens is 322 g/mol. The SMILES string of the molecule is Cc1nn(-c2ccccn2)c(C)c1CN1CCCC(CCN)C1.Cl. The van der Waals surface area contributed by atoms with Crippen LogP contribution in [0.5, 0.6) is 0 Å². The molecule has 5 nitrogen and oxygen atoms in total. The predicted molar refractivity (Wildman–Crippen MR) is 99.8 cm³/mol. The van der Waals surface area contributed by atoms with Crippen molar-refractivity contribution in [3.63, 3.8) is 0 Å². The number of nitrogens with two attached hydrogens (primary N) is 1. The highest BCUT2D eigenvalue weighted by Gasteiger charge is 2.22. The molecule has 24 heavy (non-hydrogen) atoms. The Balaban J connectivity index is 0.00000208. The smallest absolute Gasteiger partial charge is 0.153 e.